The van der Waals surface area contributed by atoms with Crippen LogP contribution in [0.1, 0.15) is 52.5 Å². The van der Waals surface area contributed by atoms with Gasteiger partial charge in [0.15, 0.2) is 5.82 Å². The highest BCUT2D eigenvalue weighted by atomic mass is 35.5. The molecule has 136 valence electrons. The molecule has 2 amide bonds. The molecule has 0 spiro atoms. The van der Waals surface area contributed by atoms with Crippen LogP contribution < -0.4 is 5.32 Å². The zero-order valence-corrected chi connectivity index (χ0v) is 15.3. The highest BCUT2D eigenvalue weighted by molar-refractivity contribution is 6.33. The third kappa shape index (κ3) is 3.09. The van der Waals surface area contributed by atoms with Crippen molar-refractivity contribution in [1.82, 2.24) is 14.5 Å². The van der Waals surface area contributed by atoms with Crippen LogP contribution in [0.4, 0.5) is 5.69 Å². The molecule has 6 nitrogen and oxygen atoms in total. The van der Waals surface area contributed by atoms with Gasteiger partial charge < -0.3 is 14.8 Å². The number of hydrogen-bond donors (Lipinski definition) is 1. The summed E-state index contributed by atoms with van der Waals surface area (Å²) in [5, 5.41) is 3.29. The number of anilines is 1. The average molecular weight is 373 g/mol. The number of nitrogens with zero attached hydrogens (tertiary/aromatic N) is 3. The minimum absolute atomic E-state index is 0.0510. The normalized spacial score (nSPS) is 16.4. The Balaban J connectivity index is 1.66. The fraction of sp³-hybridized carbons (Fsp3) is 0.421. The van der Waals surface area contributed by atoms with Crippen LogP contribution in [-0.4, -0.2) is 39.4 Å². The topological polar surface area (TPSA) is 67.2 Å². The number of hydrogen-bond acceptors (Lipinski definition) is 3. The zero-order valence-electron chi connectivity index (χ0n) is 14.5. The summed E-state index contributed by atoms with van der Waals surface area (Å²) in [7, 11) is 0. The van der Waals surface area contributed by atoms with E-state index in [0.717, 1.165) is 50.9 Å². The molecule has 0 aliphatic carbocycles. The molecular formula is C19H21ClN4O2. The SMILES string of the molecule is O=C(Nc1ccccc1Cl)c1nc(C(=O)N2CCCC2)c2n1CCCC2. The van der Waals surface area contributed by atoms with Gasteiger partial charge in [-0.05, 0) is 44.2 Å². The van der Waals surface area contributed by atoms with Gasteiger partial charge in [-0.3, -0.25) is 9.59 Å². The first-order valence-corrected chi connectivity index (χ1v) is 9.47. The number of rotatable bonds is 3. The van der Waals surface area contributed by atoms with Crippen molar-refractivity contribution in [2.24, 2.45) is 0 Å². The molecule has 0 atom stereocenters. The second kappa shape index (κ2) is 7.11. The first-order valence-electron chi connectivity index (χ1n) is 9.09. The van der Waals surface area contributed by atoms with Crippen LogP contribution in [0.3, 0.4) is 0 Å². The van der Waals surface area contributed by atoms with Crippen molar-refractivity contribution >= 4 is 29.1 Å². The Kier molecular flexibility index (Phi) is 4.68. The van der Waals surface area contributed by atoms with Gasteiger partial charge in [-0.15, -0.1) is 0 Å². The number of halogens is 1. The lowest BCUT2D eigenvalue weighted by molar-refractivity contribution is 0.0786. The Morgan fingerprint density at radius 2 is 1.77 bits per heavy atom. The van der Waals surface area contributed by atoms with Gasteiger partial charge in [-0.2, -0.15) is 0 Å². The molecule has 0 unspecified atom stereocenters. The Hall–Kier alpha value is -2.34. The summed E-state index contributed by atoms with van der Waals surface area (Å²) in [6.07, 6.45) is 4.83. The molecule has 4 rings (SSSR count). The van der Waals surface area contributed by atoms with Crippen molar-refractivity contribution in [3.63, 3.8) is 0 Å². The molecule has 0 saturated carbocycles. The summed E-state index contributed by atoms with van der Waals surface area (Å²) >= 11 is 6.14. The van der Waals surface area contributed by atoms with Crippen LogP contribution in [0.5, 0.6) is 0 Å². The summed E-state index contributed by atoms with van der Waals surface area (Å²) < 4.78 is 1.90. The number of fused-ring (bicyclic) bond motifs is 1. The predicted octanol–water partition coefficient (Wildman–Crippen LogP) is 3.36. The number of nitrogens with one attached hydrogen (secondary N) is 1. The summed E-state index contributed by atoms with van der Waals surface area (Å²) in [5.74, 6) is -0.0890. The van der Waals surface area contributed by atoms with E-state index in [1.54, 1.807) is 12.1 Å². The fourth-order valence-corrected chi connectivity index (χ4v) is 3.88. The molecule has 1 fully saturated rings. The minimum Gasteiger partial charge on any atom is -0.337 e. The van der Waals surface area contributed by atoms with E-state index in [4.69, 9.17) is 11.6 Å². The molecule has 2 aromatic rings. The molecular weight excluding hydrogens is 352 g/mol. The van der Waals surface area contributed by atoms with Crippen molar-refractivity contribution in [2.75, 3.05) is 18.4 Å². The molecule has 1 saturated heterocycles. The number of benzene rings is 1. The molecule has 1 aromatic carbocycles. The molecule has 7 heteroatoms. The Morgan fingerprint density at radius 3 is 2.54 bits per heavy atom. The van der Waals surface area contributed by atoms with E-state index in [1.807, 2.05) is 21.6 Å². The standard InChI is InChI=1S/C19H21ClN4O2/c20-13-7-1-2-8-14(13)21-18(25)17-22-16(15-9-3-4-12-24(15)17)19(26)23-10-5-6-11-23/h1-2,7-8H,3-6,9-12H2,(H,21,25). The van der Waals surface area contributed by atoms with E-state index in [1.165, 1.54) is 0 Å². The zero-order chi connectivity index (χ0) is 18.1. The maximum absolute atomic E-state index is 12.9. The third-order valence-corrected chi connectivity index (χ3v) is 5.37. The lowest BCUT2D eigenvalue weighted by atomic mass is 10.1. The molecule has 0 bridgehead atoms. The van der Waals surface area contributed by atoms with E-state index in [2.05, 4.69) is 10.3 Å². The van der Waals surface area contributed by atoms with Gasteiger partial charge in [0.1, 0.15) is 5.69 Å². The van der Waals surface area contributed by atoms with Gasteiger partial charge in [0.05, 0.1) is 16.4 Å². The number of carbonyl (C=O) groups excluding carboxylic acids is 2. The summed E-state index contributed by atoms with van der Waals surface area (Å²) in [5.41, 5.74) is 1.87. The van der Waals surface area contributed by atoms with Crippen LogP contribution in [0.15, 0.2) is 24.3 Å². The van der Waals surface area contributed by atoms with Gasteiger partial charge in [-0.1, -0.05) is 23.7 Å². The number of imidazole rings is 1. The lowest BCUT2D eigenvalue weighted by Crippen LogP contribution is -2.29. The predicted molar refractivity (Wildman–Crippen MR) is 99.7 cm³/mol. The van der Waals surface area contributed by atoms with E-state index < -0.39 is 0 Å². The second-order valence-electron chi connectivity index (χ2n) is 6.77. The average Bonchev–Trinajstić information content (AvgIpc) is 3.31. The first kappa shape index (κ1) is 17.1. The van der Waals surface area contributed by atoms with Crippen molar-refractivity contribution in [3.05, 3.63) is 46.5 Å². The van der Waals surface area contributed by atoms with Gasteiger partial charge in [0, 0.05) is 19.6 Å². The Bertz CT molecular complexity index is 855. The highest BCUT2D eigenvalue weighted by Gasteiger charge is 2.30. The summed E-state index contributed by atoms with van der Waals surface area (Å²) in [6, 6.07) is 7.09. The third-order valence-electron chi connectivity index (χ3n) is 5.04. The molecule has 3 heterocycles. The van der Waals surface area contributed by atoms with Crippen LogP contribution >= 0.6 is 11.6 Å². The molecule has 2 aliphatic heterocycles. The van der Waals surface area contributed by atoms with Gasteiger partial charge >= 0.3 is 0 Å². The highest BCUT2D eigenvalue weighted by Crippen LogP contribution is 2.25. The number of para-hydroxylation sites is 1. The quantitative estimate of drug-likeness (QED) is 0.898. The number of carbonyl (C=O) groups is 2. The summed E-state index contributed by atoms with van der Waals surface area (Å²) in [4.78, 5) is 32.0. The van der Waals surface area contributed by atoms with E-state index >= 15 is 0 Å². The van der Waals surface area contributed by atoms with Crippen LogP contribution in [0.2, 0.25) is 5.02 Å². The van der Waals surface area contributed by atoms with Gasteiger partial charge in [0.2, 0.25) is 0 Å². The van der Waals surface area contributed by atoms with Crippen molar-refractivity contribution in [1.29, 1.82) is 0 Å². The summed E-state index contributed by atoms with van der Waals surface area (Å²) in [6.45, 7) is 2.25. The van der Waals surface area contributed by atoms with Crippen molar-refractivity contribution < 1.29 is 9.59 Å². The van der Waals surface area contributed by atoms with Crippen LogP contribution in [-0.2, 0) is 13.0 Å². The van der Waals surface area contributed by atoms with Gasteiger partial charge in [-0.25, -0.2) is 4.98 Å². The van der Waals surface area contributed by atoms with Gasteiger partial charge in [0.25, 0.3) is 11.8 Å². The largest absolute Gasteiger partial charge is 0.337 e. The van der Waals surface area contributed by atoms with Crippen molar-refractivity contribution in [2.45, 2.75) is 38.6 Å². The Morgan fingerprint density at radius 1 is 1.04 bits per heavy atom. The number of aromatic nitrogens is 2. The Labute approximate surface area is 157 Å². The van der Waals surface area contributed by atoms with E-state index in [0.29, 0.717) is 28.8 Å². The van der Waals surface area contributed by atoms with Crippen LogP contribution in [0.25, 0.3) is 0 Å². The van der Waals surface area contributed by atoms with Crippen molar-refractivity contribution in [3.8, 4) is 0 Å². The second-order valence-corrected chi connectivity index (χ2v) is 7.18. The molecule has 1 N–H and O–H groups in total. The minimum atomic E-state index is -0.332. The molecule has 0 radical (unpaired) electrons. The lowest BCUT2D eigenvalue weighted by Gasteiger charge is -2.19. The molecule has 2 aliphatic rings. The maximum Gasteiger partial charge on any atom is 0.291 e. The number of amides is 2. The maximum atomic E-state index is 12.9. The molecule has 1 aromatic heterocycles. The van der Waals surface area contributed by atoms with E-state index in [9.17, 15) is 9.59 Å². The van der Waals surface area contributed by atoms with E-state index in [-0.39, 0.29) is 11.8 Å². The monoisotopic (exact) mass is 372 g/mol. The van der Waals surface area contributed by atoms with Crippen LogP contribution in [0, 0.1) is 0 Å². The molecule has 26 heavy (non-hydrogen) atoms. The first-order chi connectivity index (χ1) is 12.6. The number of likely N-dealkylation sites (tertiary alicyclic amines) is 1. The smallest absolute Gasteiger partial charge is 0.291 e. The fourth-order valence-electron chi connectivity index (χ4n) is 3.70.